The van der Waals surface area contributed by atoms with E-state index in [4.69, 9.17) is 16.3 Å². The first-order valence-electron chi connectivity index (χ1n) is 9.23. The minimum atomic E-state index is -1.43. The van der Waals surface area contributed by atoms with Crippen LogP contribution in [0.3, 0.4) is 0 Å². The maximum Gasteiger partial charge on any atom is 0.163 e. The Balaban J connectivity index is 1.79. The second kappa shape index (κ2) is 8.35. The molecule has 2 heterocycles. The predicted octanol–water partition coefficient (Wildman–Crippen LogP) is 2.62. The van der Waals surface area contributed by atoms with Crippen LogP contribution in [0.2, 0.25) is 5.02 Å². The van der Waals surface area contributed by atoms with Crippen LogP contribution in [0.25, 0.3) is 10.9 Å². The molecule has 5 atom stereocenters. The van der Waals surface area contributed by atoms with E-state index in [9.17, 15) is 20.4 Å². The zero-order valence-corrected chi connectivity index (χ0v) is 17.7. The molecule has 0 aliphatic carbocycles. The molecule has 0 spiro atoms. The van der Waals surface area contributed by atoms with Crippen molar-refractivity contribution in [3.63, 3.8) is 0 Å². The minimum absolute atomic E-state index is 0.470. The van der Waals surface area contributed by atoms with Crippen LogP contribution < -0.4 is 0 Å². The maximum absolute atomic E-state index is 10.6. The van der Waals surface area contributed by atoms with Crippen molar-refractivity contribution in [3.05, 3.63) is 69.3 Å². The number of hydrogen-bond acceptors (Lipinski definition) is 5. The maximum atomic E-state index is 10.6. The summed E-state index contributed by atoms with van der Waals surface area (Å²) in [7, 11) is 0. The van der Waals surface area contributed by atoms with Crippen molar-refractivity contribution in [1.82, 2.24) is 4.57 Å². The highest BCUT2D eigenvalue weighted by molar-refractivity contribution is 9.10. The van der Waals surface area contributed by atoms with Crippen LogP contribution in [0, 0.1) is 0 Å². The fourth-order valence-electron chi connectivity index (χ4n) is 3.83. The lowest BCUT2D eigenvalue weighted by molar-refractivity contribution is -0.250. The summed E-state index contributed by atoms with van der Waals surface area (Å²) in [6, 6.07) is 13.3. The van der Waals surface area contributed by atoms with Gasteiger partial charge in [-0.1, -0.05) is 45.7 Å². The molecule has 4 rings (SSSR count). The van der Waals surface area contributed by atoms with Gasteiger partial charge in [0.15, 0.2) is 6.23 Å². The monoisotopic (exact) mass is 481 g/mol. The van der Waals surface area contributed by atoms with Crippen LogP contribution in [0.1, 0.15) is 17.4 Å². The molecule has 0 unspecified atom stereocenters. The van der Waals surface area contributed by atoms with Gasteiger partial charge in [0.1, 0.15) is 24.4 Å². The third kappa shape index (κ3) is 3.84. The number of aromatic nitrogens is 1. The van der Waals surface area contributed by atoms with Gasteiger partial charge in [0.25, 0.3) is 0 Å². The van der Waals surface area contributed by atoms with Gasteiger partial charge in [-0.25, -0.2) is 0 Å². The lowest BCUT2D eigenvalue weighted by atomic mass is 9.98. The Hall–Kier alpha value is -1.45. The minimum Gasteiger partial charge on any atom is -0.394 e. The average molecular weight is 483 g/mol. The first kappa shape index (κ1) is 20.8. The van der Waals surface area contributed by atoms with Crippen LogP contribution in [0.4, 0.5) is 0 Å². The van der Waals surface area contributed by atoms with E-state index in [1.54, 1.807) is 4.57 Å². The topological polar surface area (TPSA) is 95.1 Å². The van der Waals surface area contributed by atoms with Gasteiger partial charge >= 0.3 is 0 Å². The van der Waals surface area contributed by atoms with Gasteiger partial charge in [0.05, 0.1) is 12.1 Å². The summed E-state index contributed by atoms with van der Waals surface area (Å²) in [6.45, 7) is -0.470. The number of rotatable bonds is 4. The Labute approximate surface area is 181 Å². The standard InChI is InChI=1S/C21H21BrClNO5/c22-14-2-1-3-15-17(14)12(8-11-4-6-13(23)7-5-11)9-24(15)21-20(28)19(27)18(26)16(10-25)29-21/h1-7,9,16,18-21,25-28H,8,10H2/t16-,18-,19+,20-,21-/m1/s1. The van der Waals surface area contributed by atoms with E-state index < -0.39 is 37.3 Å². The molecular formula is C21H21BrClNO5. The molecule has 8 heteroatoms. The molecule has 29 heavy (non-hydrogen) atoms. The Morgan fingerprint density at radius 3 is 2.41 bits per heavy atom. The van der Waals surface area contributed by atoms with Gasteiger partial charge < -0.3 is 29.7 Å². The predicted molar refractivity (Wildman–Crippen MR) is 113 cm³/mol. The van der Waals surface area contributed by atoms with Crippen LogP contribution in [0.5, 0.6) is 0 Å². The smallest absolute Gasteiger partial charge is 0.163 e. The van der Waals surface area contributed by atoms with E-state index in [0.29, 0.717) is 11.4 Å². The highest BCUT2D eigenvalue weighted by Crippen LogP contribution is 2.36. The molecule has 2 aromatic carbocycles. The van der Waals surface area contributed by atoms with Crippen LogP contribution in [-0.2, 0) is 11.2 Å². The number of fused-ring (bicyclic) bond motifs is 1. The number of aliphatic hydroxyl groups excluding tert-OH is 4. The van der Waals surface area contributed by atoms with Crippen molar-refractivity contribution in [1.29, 1.82) is 0 Å². The molecule has 3 aromatic rings. The van der Waals surface area contributed by atoms with E-state index >= 15 is 0 Å². The Morgan fingerprint density at radius 1 is 1.00 bits per heavy atom. The molecule has 1 fully saturated rings. The Morgan fingerprint density at radius 2 is 1.72 bits per heavy atom. The molecule has 1 aromatic heterocycles. The molecule has 1 aliphatic heterocycles. The van der Waals surface area contributed by atoms with E-state index in [0.717, 1.165) is 26.5 Å². The van der Waals surface area contributed by atoms with E-state index in [-0.39, 0.29) is 0 Å². The van der Waals surface area contributed by atoms with Gasteiger partial charge in [0, 0.05) is 21.1 Å². The summed E-state index contributed by atoms with van der Waals surface area (Å²) in [6.07, 6.45) is -3.62. The first-order chi connectivity index (χ1) is 13.9. The first-order valence-corrected chi connectivity index (χ1v) is 10.4. The molecular weight excluding hydrogens is 462 g/mol. The molecule has 1 saturated heterocycles. The summed E-state index contributed by atoms with van der Waals surface area (Å²) in [5, 5.41) is 42.0. The van der Waals surface area contributed by atoms with Gasteiger partial charge in [-0.2, -0.15) is 0 Å². The van der Waals surface area contributed by atoms with Crippen LogP contribution in [0.15, 0.2) is 53.1 Å². The van der Waals surface area contributed by atoms with Gasteiger partial charge in [0.2, 0.25) is 0 Å². The molecule has 4 N–H and O–H groups in total. The number of benzene rings is 2. The quantitative estimate of drug-likeness (QED) is 0.459. The van der Waals surface area contributed by atoms with E-state index in [1.807, 2.05) is 48.7 Å². The summed E-state index contributed by atoms with van der Waals surface area (Å²) >= 11 is 9.59. The number of ether oxygens (including phenoxy) is 1. The lowest BCUT2D eigenvalue weighted by Gasteiger charge is -2.40. The normalized spacial score (nSPS) is 27.4. The zero-order chi connectivity index (χ0) is 20.7. The zero-order valence-electron chi connectivity index (χ0n) is 15.3. The van der Waals surface area contributed by atoms with Gasteiger partial charge in [-0.3, -0.25) is 0 Å². The van der Waals surface area contributed by atoms with E-state index in [1.165, 1.54) is 0 Å². The van der Waals surface area contributed by atoms with Crippen molar-refractivity contribution < 1.29 is 25.2 Å². The Kier molecular flexibility index (Phi) is 5.99. The molecule has 0 radical (unpaired) electrons. The molecule has 6 nitrogen and oxygen atoms in total. The van der Waals surface area contributed by atoms with Crippen molar-refractivity contribution in [2.24, 2.45) is 0 Å². The second-order valence-corrected chi connectivity index (χ2v) is 8.51. The van der Waals surface area contributed by atoms with Gasteiger partial charge in [-0.15, -0.1) is 0 Å². The third-order valence-electron chi connectivity index (χ3n) is 5.33. The number of nitrogens with zero attached hydrogens (tertiary/aromatic N) is 1. The number of hydrogen-bond donors (Lipinski definition) is 4. The molecule has 1 aliphatic rings. The van der Waals surface area contributed by atoms with Crippen LogP contribution >= 0.6 is 27.5 Å². The second-order valence-electron chi connectivity index (χ2n) is 7.22. The molecule has 0 amide bonds. The highest BCUT2D eigenvalue weighted by atomic mass is 79.9. The fourth-order valence-corrected chi connectivity index (χ4v) is 4.56. The molecule has 154 valence electrons. The molecule has 0 bridgehead atoms. The lowest BCUT2D eigenvalue weighted by Crippen LogP contribution is -2.56. The Bertz CT molecular complexity index is 1010. The SMILES string of the molecule is OC[C@H]1O[C@@H](n2cc(Cc3ccc(Cl)cc3)c3c(Br)cccc32)[C@H](O)[C@@H](O)[C@@H]1O. The van der Waals surface area contributed by atoms with Crippen LogP contribution in [-0.4, -0.2) is 56.0 Å². The average Bonchev–Trinajstić information content (AvgIpc) is 3.08. The van der Waals surface area contributed by atoms with Crippen molar-refractivity contribution in [3.8, 4) is 0 Å². The molecule has 0 saturated carbocycles. The largest absolute Gasteiger partial charge is 0.394 e. The number of halogens is 2. The summed E-state index contributed by atoms with van der Waals surface area (Å²) in [4.78, 5) is 0. The van der Waals surface area contributed by atoms with E-state index in [2.05, 4.69) is 15.9 Å². The number of aliphatic hydroxyl groups is 4. The van der Waals surface area contributed by atoms with Crippen molar-refractivity contribution in [2.45, 2.75) is 37.1 Å². The van der Waals surface area contributed by atoms with Crippen molar-refractivity contribution >= 4 is 38.4 Å². The summed E-state index contributed by atoms with van der Waals surface area (Å²) in [5.74, 6) is 0. The van der Waals surface area contributed by atoms with Crippen molar-refractivity contribution in [2.75, 3.05) is 6.61 Å². The van der Waals surface area contributed by atoms with Gasteiger partial charge in [-0.05, 0) is 41.8 Å². The fraction of sp³-hybridized carbons (Fsp3) is 0.333. The highest BCUT2D eigenvalue weighted by Gasteiger charge is 2.44. The summed E-state index contributed by atoms with van der Waals surface area (Å²) in [5.41, 5.74) is 2.86. The summed E-state index contributed by atoms with van der Waals surface area (Å²) < 4.78 is 8.40. The third-order valence-corrected chi connectivity index (χ3v) is 6.25.